The summed E-state index contributed by atoms with van der Waals surface area (Å²) in [6.07, 6.45) is 9.85. The van der Waals surface area contributed by atoms with Gasteiger partial charge in [0.2, 0.25) is 0 Å². The molecule has 35 heavy (non-hydrogen) atoms. The van der Waals surface area contributed by atoms with Crippen LogP contribution in [0.25, 0.3) is 33.4 Å². The maximum absolute atomic E-state index is 9.57. The van der Waals surface area contributed by atoms with E-state index < -0.39 is 0 Å². The van der Waals surface area contributed by atoms with E-state index in [9.17, 15) is 5.26 Å². The first-order valence-corrected chi connectivity index (χ1v) is 11.5. The highest BCUT2D eigenvalue weighted by Gasteiger charge is 2.16. The number of pyridine rings is 1. The van der Waals surface area contributed by atoms with Crippen LogP contribution in [0.3, 0.4) is 0 Å². The van der Waals surface area contributed by atoms with E-state index >= 15 is 0 Å². The molecular formula is C30H27N5. The summed E-state index contributed by atoms with van der Waals surface area (Å²) in [6, 6.07) is 22.1. The van der Waals surface area contributed by atoms with E-state index in [0.29, 0.717) is 23.6 Å². The summed E-state index contributed by atoms with van der Waals surface area (Å²) >= 11 is 0. The molecular weight excluding hydrogens is 430 g/mol. The van der Waals surface area contributed by atoms with E-state index in [0.717, 1.165) is 33.4 Å². The molecule has 0 atom stereocenters. The lowest BCUT2D eigenvalue weighted by atomic mass is 10.0. The molecule has 0 unspecified atom stereocenters. The molecule has 1 N–H and O–H groups in total. The first-order valence-electron chi connectivity index (χ1n) is 11.5. The molecule has 0 aliphatic heterocycles. The minimum absolute atomic E-state index is 0.303. The fourth-order valence-corrected chi connectivity index (χ4v) is 3.71. The molecule has 5 heteroatoms. The lowest BCUT2D eigenvalue weighted by Crippen LogP contribution is -2.08. The van der Waals surface area contributed by atoms with Gasteiger partial charge in [0.1, 0.15) is 11.9 Å². The van der Waals surface area contributed by atoms with Crippen molar-refractivity contribution in [2.24, 2.45) is 0 Å². The molecule has 0 aliphatic carbocycles. The Hall–Kier alpha value is -4.56. The summed E-state index contributed by atoms with van der Waals surface area (Å²) in [5, 5.41) is 14.0. The molecule has 0 aliphatic rings. The van der Waals surface area contributed by atoms with Gasteiger partial charge in [-0.15, -0.1) is 0 Å². The van der Waals surface area contributed by atoms with Gasteiger partial charge in [-0.25, -0.2) is 15.0 Å². The first-order chi connectivity index (χ1) is 17.1. The van der Waals surface area contributed by atoms with Crippen LogP contribution >= 0.6 is 0 Å². The van der Waals surface area contributed by atoms with E-state index in [4.69, 9.17) is 9.97 Å². The van der Waals surface area contributed by atoms with Crippen LogP contribution in [0.1, 0.15) is 26.5 Å². The minimum atomic E-state index is 0.303. The number of allylic oxidation sites excluding steroid dienone is 5. The topological polar surface area (TPSA) is 74.5 Å². The molecule has 0 saturated heterocycles. The summed E-state index contributed by atoms with van der Waals surface area (Å²) < 4.78 is 0. The molecule has 172 valence electrons. The Morgan fingerprint density at radius 2 is 1.66 bits per heavy atom. The Balaban J connectivity index is 1.82. The van der Waals surface area contributed by atoms with Gasteiger partial charge < -0.3 is 5.32 Å². The quantitative estimate of drug-likeness (QED) is 0.299. The lowest BCUT2D eigenvalue weighted by Gasteiger charge is -2.15. The Labute approximate surface area is 206 Å². The van der Waals surface area contributed by atoms with E-state index in [-0.39, 0.29) is 0 Å². The maximum atomic E-state index is 9.57. The number of hydrogen-bond acceptors (Lipinski definition) is 5. The number of benzene rings is 2. The van der Waals surface area contributed by atoms with Gasteiger partial charge in [-0.2, -0.15) is 5.26 Å². The number of fused-ring (bicyclic) bond motifs is 1. The van der Waals surface area contributed by atoms with Gasteiger partial charge in [0.05, 0.1) is 16.5 Å². The third-order valence-corrected chi connectivity index (χ3v) is 5.42. The van der Waals surface area contributed by atoms with Crippen LogP contribution in [0, 0.1) is 11.3 Å². The third-order valence-electron chi connectivity index (χ3n) is 5.42. The van der Waals surface area contributed by atoms with Crippen molar-refractivity contribution >= 4 is 16.7 Å². The Kier molecular flexibility index (Phi) is 7.44. The molecule has 0 saturated carbocycles. The maximum Gasteiger partial charge on any atom is 0.165 e. The summed E-state index contributed by atoms with van der Waals surface area (Å²) in [5.41, 5.74) is 6.28. The van der Waals surface area contributed by atoms with Crippen LogP contribution in [-0.2, 0) is 0 Å². The van der Waals surface area contributed by atoms with E-state index in [1.165, 1.54) is 5.57 Å². The second-order valence-electron chi connectivity index (χ2n) is 8.47. The van der Waals surface area contributed by atoms with Gasteiger partial charge in [-0.05, 0) is 50.1 Å². The molecule has 0 radical (unpaired) electrons. The van der Waals surface area contributed by atoms with Gasteiger partial charge in [0, 0.05) is 12.7 Å². The second-order valence-corrected chi connectivity index (χ2v) is 8.47. The minimum Gasteiger partial charge on any atom is -0.366 e. The number of nitrogens with one attached hydrogen (secondary N) is 1. The van der Waals surface area contributed by atoms with E-state index in [2.05, 4.69) is 67.5 Å². The van der Waals surface area contributed by atoms with Gasteiger partial charge in [-0.3, -0.25) is 0 Å². The van der Waals surface area contributed by atoms with Crippen LogP contribution in [0.5, 0.6) is 0 Å². The van der Waals surface area contributed by atoms with E-state index in [1.807, 2.05) is 48.6 Å². The van der Waals surface area contributed by atoms with Crippen molar-refractivity contribution in [3.8, 4) is 28.6 Å². The van der Waals surface area contributed by atoms with Crippen LogP contribution in [-0.4, -0.2) is 21.5 Å². The highest BCUT2D eigenvalue weighted by molar-refractivity contribution is 6.02. The van der Waals surface area contributed by atoms with Crippen LogP contribution in [0.2, 0.25) is 0 Å². The number of hydrogen-bond donors (Lipinski definition) is 1. The average Bonchev–Trinajstić information content (AvgIpc) is 2.89. The van der Waals surface area contributed by atoms with E-state index in [1.54, 1.807) is 12.3 Å². The fraction of sp³-hybridized carbons (Fsp3) is 0.133. The summed E-state index contributed by atoms with van der Waals surface area (Å²) in [6.45, 7) is 6.85. The van der Waals surface area contributed by atoms with Gasteiger partial charge >= 0.3 is 0 Å². The summed E-state index contributed by atoms with van der Waals surface area (Å²) in [7, 11) is 0. The smallest absolute Gasteiger partial charge is 0.165 e. The van der Waals surface area contributed by atoms with Crippen molar-refractivity contribution in [2.45, 2.75) is 20.8 Å². The highest BCUT2D eigenvalue weighted by atomic mass is 15.0. The van der Waals surface area contributed by atoms with Gasteiger partial charge in [0.25, 0.3) is 0 Å². The molecule has 0 amide bonds. The van der Waals surface area contributed by atoms with Gasteiger partial charge in [-0.1, -0.05) is 77.9 Å². The normalized spacial score (nSPS) is 11.4. The average molecular weight is 458 g/mol. The van der Waals surface area contributed by atoms with Crippen LogP contribution in [0.4, 0.5) is 5.82 Å². The molecule has 2 aromatic carbocycles. The Morgan fingerprint density at radius 1 is 0.886 bits per heavy atom. The standard InChI is InChI=1S/C30H27N5/c1-21(2)11-7-8-12-22(3)20-33-30-28-24(23-13-5-4-6-14-23)15-9-17-26(28)34-29(35-30)25-16-10-18-32-27(25)19-31/h4-18H,20H2,1-3H3,(H,33,34,35)/b8-7-,22-12+. The third kappa shape index (κ3) is 5.69. The molecule has 5 nitrogen and oxygen atoms in total. The number of anilines is 1. The molecule has 2 heterocycles. The zero-order chi connectivity index (χ0) is 24.6. The van der Waals surface area contributed by atoms with Crippen molar-refractivity contribution < 1.29 is 0 Å². The van der Waals surface area contributed by atoms with Crippen molar-refractivity contribution in [3.05, 3.63) is 108 Å². The number of nitriles is 1. The fourth-order valence-electron chi connectivity index (χ4n) is 3.71. The number of nitrogens with zero attached hydrogens (tertiary/aromatic N) is 4. The zero-order valence-corrected chi connectivity index (χ0v) is 20.2. The molecule has 0 fully saturated rings. The first kappa shape index (κ1) is 23.6. The molecule has 4 rings (SSSR count). The lowest BCUT2D eigenvalue weighted by molar-refractivity contribution is 1.14. The van der Waals surface area contributed by atoms with Crippen LogP contribution in [0.15, 0.2) is 102 Å². The monoisotopic (exact) mass is 457 g/mol. The van der Waals surface area contributed by atoms with Crippen molar-refractivity contribution in [2.75, 3.05) is 11.9 Å². The molecule has 0 bridgehead atoms. The zero-order valence-electron chi connectivity index (χ0n) is 20.2. The van der Waals surface area contributed by atoms with Crippen molar-refractivity contribution in [1.82, 2.24) is 15.0 Å². The predicted octanol–water partition coefficient (Wildman–Crippen LogP) is 7.11. The number of aromatic nitrogens is 3. The Morgan fingerprint density at radius 3 is 2.43 bits per heavy atom. The highest BCUT2D eigenvalue weighted by Crippen LogP contribution is 2.34. The molecule has 0 spiro atoms. The second kappa shape index (κ2) is 11.0. The summed E-state index contributed by atoms with van der Waals surface area (Å²) in [5.74, 6) is 1.19. The summed E-state index contributed by atoms with van der Waals surface area (Å²) in [4.78, 5) is 13.9. The molecule has 2 aromatic heterocycles. The van der Waals surface area contributed by atoms with Crippen molar-refractivity contribution in [3.63, 3.8) is 0 Å². The molecule has 4 aromatic rings. The van der Waals surface area contributed by atoms with Crippen molar-refractivity contribution in [1.29, 1.82) is 5.26 Å². The van der Waals surface area contributed by atoms with Gasteiger partial charge in [0.15, 0.2) is 11.5 Å². The predicted molar refractivity (Wildman–Crippen MR) is 144 cm³/mol. The van der Waals surface area contributed by atoms with Crippen LogP contribution < -0.4 is 5.32 Å². The Bertz CT molecular complexity index is 1470. The largest absolute Gasteiger partial charge is 0.366 e. The SMILES string of the molecule is CC(C)=C/C=C\C=C(/C)CNc1nc(-c2cccnc2C#N)nc2cccc(-c3ccccc3)c12. The number of rotatable bonds is 7.